The molecule has 1 N–H and O–H groups in total. The molecule has 0 aromatic carbocycles. The highest BCUT2D eigenvalue weighted by Crippen LogP contribution is 2.25. The van der Waals surface area contributed by atoms with E-state index >= 15 is 0 Å². The van der Waals surface area contributed by atoms with Crippen molar-refractivity contribution >= 4 is 0 Å². The first-order chi connectivity index (χ1) is 5.24. The lowest BCUT2D eigenvalue weighted by molar-refractivity contribution is 0.0828. The zero-order valence-corrected chi connectivity index (χ0v) is 7.58. The molecule has 1 fully saturated rings. The van der Waals surface area contributed by atoms with Gasteiger partial charge in [-0.1, -0.05) is 6.92 Å². The quantitative estimate of drug-likeness (QED) is 0.657. The summed E-state index contributed by atoms with van der Waals surface area (Å²) in [7, 11) is 2.16. The lowest BCUT2D eigenvalue weighted by Crippen LogP contribution is -2.46. The van der Waals surface area contributed by atoms with Gasteiger partial charge in [-0.2, -0.15) is 0 Å². The molecule has 1 rings (SSSR count). The van der Waals surface area contributed by atoms with E-state index in [0.29, 0.717) is 6.61 Å². The van der Waals surface area contributed by atoms with E-state index in [0.717, 1.165) is 18.3 Å². The number of rotatable bonds is 4. The molecule has 1 aliphatic rings. The molecular formula is C9H19NO. The Morgan fingerprint density at radius 2 is 2.18 bits per heavy atom. The maximum absolute atomic E-state index is 8.63. The van der Waals surface area contributed by atoms with Crippen LogP contribution in [0.2, 0.25) is 0 Å². The van der Waals surface area contributed by atoms with E-state index in [9.17, 15) is 0 Å². The Balaban J connectivity index is 2.06. The van der Waals surface area contributed by atoms with E-state index in [2.05, 4.69) is 18.9 Å². The number of hydrogen-bond donors (Lipinski definition) is 1. The maximum Gasteiger partial charge on any atom is 0.0431 e. The van der Waals surface area contributed by atoms with Crippen LogP contribution < -0.4 is 0 Å². The third-order valence-corrected chi connectivity index (χ3v) is 2.71. The van der Waals surface area contributed by atoms with Gasteiger partial charge in [-0.25, -0.2) is 0 Å². The van der Waals surface area contributed by atoms with Gasteiger partial charge in [0.15, 0.2) is 0 Å². The second-order valence-corrected chi connectivity index (χ2v) is 3.82. The Morgan fingerprint density at radius 1 is 1.55 bits per heavy atom. The van der Waals surface area contributed by atoms with Gasteiger partial charge in [0.2, 0.25) is 0 Å². The minimum atomic E-state index is 0.354. The Bertz CT molecular complexity index is 110. The van der Waals surface area contributed by atoms with Crippen molar-refractivity contribution in [1.29, 1.82) is 0 Å². The smallest absolute Gasteiger partial charge is 0.0431 e. The fourth-order valence-electron chi connectivity index (χ4n) is 1.76. The van der Waals surface area contributed by atoms with Crippen LogP contribution in [0.1, 0.15) is 19.8 Å². The van der Waals surface area contributed by atoms with E-state index < -0.39 is 0 Å². The van der Waals surface area contributed by atoms with Crippen molar-refractivity contribution in [3.63, 3.8) is 0 Å². The standard InChI is InChI=1S/C9H19NO/c1-8(4-3-5-11)9-6-10(2)7-9/h8-9,11H,3-7H2,1-2H3. The summed E-state index contributed by atoms with van der Waals surface area (Å²) in [5.41, 5.74) is 0. The first kappa shape index (κ1) is 9.01. The summed E-state index contributed by atoms with van der Waals surface area (Å²) < 4.78 is 0. The topological polar surface area (TPSA) is 23.5 Å². The zero-order chi connectivity index (χ0) is 8.27. The number of aliphatic hydroxyl groups excluding tert-OH is 1. The highest BCUT2D eigenvalue weighted by molar-refractivity contribution is 4.80. The summed E-state index contributed by atoms with van der Waals surface area (Å²) in [5.74, 6) is 1.70. The SMILES string of the molecule is CC(CCCO)C1CN(C)C1. The fraction of sp³-hybridized carbons (Fsp3) is 1.00. The third kappa shape index (κ3) is 2.46. The molecule has 1 unspecified atom stereocenters. The lowest BCUT2D eigenvalue weighted by Gasteiger charge is -2.40. The number of likely N-dealkylation sites (tertiary alicyclic amines) is 1. The number of hydrogen-bond acceptors (Lipinski definition) is 2. The van der Waals surface area contributed by atoms with Gasteiger partial charge in [0.05, 0.1) is 0 Å². The lowest BCUT2D eigenvalue weighted by atomic mass is 9.85. The zero-order valence-electron chi connectivity index (χ0n) is 7.58. The van der Waals surface area contributed by atoms with E-state index in [4.69, 9.17) is 5.11 Å². The Morgan fingerprint density at radius 3 is 2.64 bits per heavy atom. The Labute approximate surface area is 69.2 Å². The molecule has 1 atom stereocenters. The molecular weight excluding hydrogens is 138 g/mol. The molecule has 0 radical (unpaired) electrons. The monoisotopic (exact) mass is 157 g/mol. The van der Waals surface area contributed by atoms with Crippen LogP contribution in [-0.4, -0.2) is 36.8 Å². The van der Waals surface area contributed by atoms with Gasteiger partial charge < -0.3 is 10.0 Å². The fourth-order valence-corrected chi connectivity index (χ4v) is 1.76. The van der Waals surface area contributed by atoms with E-state index in [1.54, 1.807) is 0 Å². The molecule has 0 spiro atoms. The van der Waals surface area contributed by atoms with Crippen molar-refractivity contribution in [1.82, 2.24) is 4.90 Å². The average Bonchev–Trinajstić information content (AvgIpc) is 1.94. The minimum Gasteiger partial charge on any atom is -0.396 e. The maximum atomic E-state index is 8.63. The van der Waals surface area contributed by atoms with Crippen LogP contribution in [0.5, 0.6) is 0 Å². The average molecular weight is 157 g/mol. The van der Waals surface area contributed by atoms with Crippen LogP contribution in [0, 0.1) is 11.8 Å². The largest absolute Gasteiger partial charge is 0.396 e. The summed E-state index contributed by atoms with van der Waals surface area (Å²) in [6, 6.07) is 0. The summed E-state index contributed by atoms with van der Waals surface area (Å²) in [6.45, 7) is 5.17. The molecule has 11 heavy (non-hydrogen) atoms. The first-order valence-corrected chi connectivity index (χ1v) is 4.53. The Hall–Kier alpha value is -0.0800. The summed E-state index contributed by atoms with van der Waals surface area (Å²) in [6.07, 6.45) is 2.16. The third-order valence-electron chi connectivity index (χ3n) is 2.71. The highest BCUT2D eigenvalue weighted by Gasteiger charge is 2.27. The van der Waals surface area contributed by atoms with Gasteiger partial charge in [-0.3, -0.25) is 0 Å². The van der Waals surface area contributed by atoms with Gasteiger partial charge >= 0.3 is 0 Å². The van der Waals surface area contributed by atoms with Crippen LogP contribution >= 0.6 is 0 Å². The molecule has 66 valence electrons. The molecule has 0 aromatic heterocycles. The van der Waals surface area contributed by atoms with Crippen molar-refractivity contribution in [2.45, 2.75) is 19.8 Å². The van der Waals surface area contributed by atoms with Crippen molar-refractivity contribution in [3.05, 3.63) is 0 Å². The van der Waals surface area contributed by atoms with Crippen LogP contribution in [0.15, 0.2) is 0 Å². The predicted molar refractivity (Wildman–Crippen MR) is 46.5 cm³/mol. The van der Waals surface area contributed by atoms with Gasteiger partial charge in [-0.05, 0) is 31.7 Å². The molecule has 1 saturated heterocycles. The van der Waals surface area contributed by atoms with E-state index in [-0.39, 0.29) is 0 Å². The summed E-state index contributed by atoms with van der Waals surface area (Å²) in [4.78, 5) is 2.35. The van der Waals surface area contributed by atoms with E-state index in [1.165, 1.54) is 19.5 Å². The molecule has 0 bridgehead atoms. The predicted octanol–water partition coefficient (Wildman–Crippen LogP) is 0.957. The van der Waals surface area contributed by atoms with Crippen molar-refractivity contribution in [3.8, 4) is 0 Å². The van der Waals surface area contributed by atoms with Crippen molar-refractivity contribution < 1.29 is 5.11 Å². The molecule has 0 amide bonds. The molecule has 2 heteroatoms. The van der Waals surface area contributed by atoms with Gasteiger partial charge in [-0.15, -0.1) is 0 Å². The summed E-state index contributed by atoms with van der Waals surface area (Å²) in [5, 5.41) is 8.63. The van der Waals surface area contributed by atoms with Crippen molar-refractivity contribution in [2.24, 2.45) is 11.8 Å². The van der Waals surface area contributed by atoms with Crippen LogP contribution in [0.25, 0.3) is 0 Å². The molecule has 1 heterocycles. The Kier molecular flexibility index (Phi) is 3.34. The van der Waals surface area contributed by atoms with Gasteiger partial charge in [0.25, 0.3) is 0 Å². The molecule has 0 aliphatic carbocycles. The molecule has 2 nitrogen and oxygen atoms in total. The highest BCUT2D eigenvalue weighted by atomic mass is 16.2. The molecule has 0 saturated carbocycles. The van der Waals surface area contributed by atoms with Crippen molar-refractivity contribution in [2.75, 3.05) is 26.7 Å². The van der Waals surface area contributed by atoms with E-state index in [1.807, 2.05) is 0 Å². The van der Waals surface area contributed by atoms with Crippen LogP contribution in [-0.2, 0) is 0 Å². The molecule has 0 aromatic rings. The van der Waals surface area contributed by atoms with Crippen LogP contribution in [0.4, 0.5) is 0 Å². The second-order valence-electron chi connectivity index (χ2n) is 3.82. The molecule has 1 aliphatic heterocycles. The number of aliphatic hydroxyl groups is 1. The number of nitrogens with zero attached hydrogens (tertiary/aromatic N) is 1. The van der Waals surface area contributed by atoms with Gasteiger partial charge in [0, 0.05) is 19.7 Å². The van der Waals surface area contributed by atoms with Crippen LogP contribution in [0.3, 0.4) is 0 Å². The second kappa shape index (κ2) is 4.07. The van der Waals surface area contributed by atoms with Gasteiger partial charge in [0.1, 0.15) is 0 Å². The normalized spacial score (nSPS) is 23.2. The summed E-state index contributed by atoms with van der Waals surface area (Å²) >= 11 is 0. The minimum absolute atomic E-state index is 0.354. The first-order valence-electron chi connectivity index (χ1n) is 4.53.